The fourth-order valence-corrected chi connectivity index (χ4v) is 2.19. The van der Waals surface area contributed by atoms with E-state index < -0.39 is 18.1 Å². The second kappa shape index (κ2) is 6.69. The highest BCUT2D eigenvalue weighted by Crippen LogP contribution is 2.14. The van der Waals surface area contributed by atoms with E-state index in [1.54, 1.807) is 0 Å². The van der Waals surface area contributed by atoms with E-state index in [0.717, 1.165) is 0 Å². The number of rotatable bonds is 3. The number of ether oxygens (including phenoxy) is 1. The van der Waals surface area contributed by atoms with Gasteiger partial charge in [0, 0.05) is 20.0 Å². The molecule has 0 saturated carbocycles. The molecule has 7 nitrogen and oxygen atoms in total. The molecule has 7 heteroatoms. The standard InChI is InChI=1S/C13H23N3O4/c1-8(2)11(14)12(18)15-5-6-16(9(3)17)10(7-15)13(19)20-4/h8,10-11H,5-7,14H2,1-4H3/t10?,11-/m0/s1. The van der Waals surface area contributed by atoms with E-state index in [-0.39, 0.29) is 24.3 Å². The van der Waals surface area contributed by atoms with Crippen LogP contribution in [0.5, 0.6) is 0 Å². The molecule has 20 heavy (non-hydrogen) atoms. The lowest BCUT2D eigenvalue weighted by Gasteiger charge is -2.40. The monoisotopic (exact) mass is 285 g/mol. The van der Waals surface area contributed by atoms with Crippen molar-refractivity contribution in [2.24, 2.45) is 11.7 Å². The molecule has 114 valence electrons. The van der Waals surface area contributed by atoms with Crippen LogP contribution in [-0.4, -0.2) is 66.4 Å². The van der Waals surface area contributed by atoms with Gasteiger partial charge in [0.15, 0.2) is 0 Å². The molecule has 0 radical (unpaired) electrons. The van der Waals surface area contributed by atoms with E-state index in [1.165, 1.54) is 23.8 Å². The van der Waals surface area contributed by atoms with Gasteiger partial charge >= 0.3 is 5.97 Å². The van der Waals surface area contributed by atoms with Gasteiger partial charge in [0.1, 0.15) is 6.04 Å². The number of methoxy groups -OCH3 is 1. The first-order valence-corrected chi connectivity index (χ1v) is 6.69. The summed E-state index contributed by atoms with van der Waals surface area (Å²) >= 11 is 0. The molecular weight excluding hydrogens is 262 g/mol. The van der Waals surface area contributed by atoms with Gasteiger partial charge in [-0.25, -0.2) is 4.79 Å². The molecule has 2 amide bonds. The van der Waals surface area contributed by atoms with Crippen molar-refractivity contribution in [2.75, 3.05) is 26.7 Å². The van der Waals surface area contributed by atoms with Crippen molar-refractivity contribution in [1.82, 2.24) is 9.80 Å². The Hall–Kier alpha value is -1.63. The van der Waals surface area contributed by atoms with Crippen molar-refractivity contribution >= 4 is 17.8 Å². The van der Waals surface area contributed by atoms with Crippen molar-refractivity contribution in [1.29, 1.82) is 0 Å². The number of hydrogen-bond acceptors (Lipinski definition) is 5. The second-order valence-electron chi connectivity index (χ2n) is 5.31. The molecule has 0 aromatic carbocycles. The highest BCUT2D eigenvalue weighted by atomic mass is 16.5. The van der Waals surface area contributed by atoms with E-state index in [9.17, 15) is 14.4 Å². The van der Waals surface area contributed by atoms with Crippen LogP contribution in [0.25, 0.3) is 0 Å². The lowest BCUT2D eigenvalue weighted by Crippen LogP contribution is -2.61. The van der Waals surface area contributed by atoms with Crippen molar-refractivity contribution < 1.29 is 19.1 Å². The van der Waals surface area contributed by atoms with Gasteiger partial charge in [0.05, 0.1) is 19.7 Å². The van der Waals surface area contributed by atoms with Gasteiger partial charge in [-0.05, 0) is 5.92 Å². The van der Waals surface area contributed by atoms with Crippen molar-refractivity contribution in [3.8, 4) is 0 Å². The number of esters is 1. The van der Waals surface area contributed by atoms with Crippen LogP contribution < -0.4 is 5.73 Å². The summed E-state index contributed by atoms with van der Waals surface area (Å²) < 4.78 is 4.70. The summed E-state index contributed by atoms with van der Waals surface area (Å²) in [6.45, 7) is 5.95. The van der Waals surface area contributed by atoms with Crippen LogP contribution in [0.2, 0.25) is 0 Å². The van der Waals surface area contributed by atoms with Crippen molar-refractivity contribution in [2.45, 2.75) is 32.9 Å². The molecule has 0 spiro atoms. The number of hydrogen-bond donors (Lipinski definition) is 1. The maximum absolute atomic E-state index is 12.2. The minimum atomic E-state index is -0.755. The van der Waals surface area contributed by atoms with Gasteiger partial charge < -0.3 is 20.3 Å². The van der Waals surface area contributed by atoms with Crippen molar-refractivity contribution in [3.63, 3.8) is 0 Å². The van der Waals surface area contributed by atoms with Crippen LogP contribution in [0, 0.1) is 5.92 Å². The van der Waals surface area contributed by atoms with Crippen LogP contribution in [0.4, 0.5) is 0 Å². The zero-order valence-electron chi connectivity index (χ0n) is 12.5. The molecule has 0 aromatic rings. The van der Waals surface area contributed by atoms with Crippen LogP contribution in [-0.2, 0) is 19.1 Å². The van der Waals surface area contributed by atoms with Gasteiger partial charge in [0.2, 0.25) is 11.8 Å². The first-order valence-electron chi connectivity index (χ1n) is 6.69. The number of carbonyl (C=O) groups excluding carboxylic acids is 3. The molecule has 0 aliphatic carbocycles. The summed E-state index contributed by atoms with van der Waals surface area (Å²) in [4.78, 5) is 38.5. The summed E-state index contributed by atoms with van der Waals surface area (Å²) in [5, 5.41) is 0. The van der Waals surface area contributed by atoms with E-state index in [1.807, 2.05) is 13.8 Å². The highest BCUT2D eigenvalue weighted by Gasteiger charge is 2.37. The van der Waals surface area contributed by atoms with Gasteiger partial charge in [-0.1, -0.05) is 13.8 Å². The Labute approximate surface area is 119 Å². The molecule has 1 saturated heterocycles. The third-order valence-electron chi connectivity index (χ3n) is 3.57. The molecule has 2 N–H and O–H groups in total. The van der Waals surface area contributed by atoms with E-state index >= 15 is 0 Å². The predicted octanol–water partition coefficient (Wildman–Crippen LogP) is -0.798. The molecule has 0 aromatic heterocycles. The molecule has 2 atom stereocenters. The van der Waals surface area contributed by atoms with Crippen molar-refractivity contribution in [3.05, 3.63) is 0 Å². The number of piperazine rings is 1. The van der Waals surface area contributed by atoms with E-state index in [0.29, 0.717) is 13.1 Å². The number of amides is 2. The Morgan fingerprint density at radius 3 is 2.30 bits per heavy atom. The fourth-order valence-electron chi connectivity index (χ4n) is 2.19. The Morgan fingerprint density at radius 2 is 1.85 bits per heavy atom. The summed E-state index contributed by atoms with van der Waals surface area (Å²) in [5.41, 5.74) is 5.85. The summed E-state index contributed by atoms with van der Waals surface area (Å²) in [6.07, 6.45) is 0. The molecule has 1 unspecified atom stereocenters. The number of carbonyl (C=O) groups is 3. The minimum Gasteiger partial charge on any atom is -0.467 e. The Bertz CT molecular complexity index is 397. The van der Waals surface area contributed by atoms with Crippen LogP contribution >= 0.6 is 0 Å². The third-order valence-corrected chi connectivity index (χ3v) is 3.57. The normalized spacial score (nSPS) is 20.8. The number of nitrogens with zero attached hydrogens (tertiary/aromatic N) is 2. The van der Waals surface area contributed by atoms with Crippen LogP contribution in [0.15, 0.2) is 0 Å². The second-order valence-corrected chi connectivity index (χ2v) is 5.31. The SMILES string of the molecule is COC(=O)C1CN(C(=O)[C@@H](N)C(C)C)CCN1C(C)=O. The Morgan fingerprint density at radius 1 is 1.25 bits per heavy atom. The molecule has 0 bridgehead atoms. The summed E-state index contributed by atoms with van der Waals surface area (Å²) in [7, 11) is 1.27. The van der Waals surface area contributed by atoms with Gasteiger partial charge in [0.25, 0.3) is 0 Å². The maximum atomic E-state index is 12.2. The first-order chi connectivity index (χ1) is 9.29. The zero-order valence-corrected chi connectivity index (χ0v) is 12.5. The first kappa shape index (κ1) is 16.4. The maximum Gasteiger partial charge on any atom is 0.330 e. The van der Waals surface area contributed by atoms with Gasteiger partial charge in [-0.2, -0.15) is 0 Å². The Kier molecular flexibility index (Phi) is 5.50. The van der Waals surface area contributed by atoms with Crippen LogP contribution in [0.3, 0.4) is 0 Å². The third kappa shape index (κ3) is 3.47. The molecule has 1 heterocycles. The van der Waals surface area contributed by atoms with Gasteiger partial charge in [-0.3, -0.25) is 9.59 Å². The average molecular weight is 285 g/mol. The van der Waals surface area contributed by atoms with E-state index in [4.69, 9.17) is 10.5 Å². The number of nitrogens with two attached hydrogens (primary N) is 1. The molecule has 1 fully saturated rings. The summed E-state index contributed by atoms with van der Waals surface area (Å²) in [6, 6.07) is -1.35. The minimum absolute atomic E-state index is 0.0184. The molecule has 1 aliphatic rings. The molecule has 1 rings (SSSR count). The smallest absolute Gasteiger partial charge is 0.330 e. The molecular formula is C13H23N3O4. The van der Waals surface area contributed by atoms with Crippen LogP contribution in [0.1, 0.15) is 20.8 Å². The van der Waals surface area contributed by atoms with Gasteiger partial charge in [-0.15, -0.1) is 0 Å². The fraction of sp³-hybridized carbons (Fsp3) is 0.769. The lowest BCUT2D eigenvalue weighted by atomic mass is 10.0. The lowest BCUT2D eigenvalue weighted by molar-refractivity contribution is -0.158. The zero-order chi connectivity index (χ0) is 15.4. The summed E-state index contributed by atoms with van der Waals surface area (Å²) in [5.74, 6) is -0.904. The average Bonchev–Trinajstić information content (AvgIpc) is 2.43. The highest BCUT2D eigenvalue weighted by molar-refractivity contribution is 5.86. The predicted molar refractivity (Wildman–Crippen MR) is 72.6 cm³/mol. The van der Waals surface area contributed by atoms with E-state index in [2.05, 4.69) is 0 Å². The quantitative estimate of drug-likeness (QED) is 0.685. The Balaban J connectivity index is 2.83. The largest absolute Gasteiger partial charge is 0.467 e. The molecule has 1 aliphatic heterocycles. The topological polar surface area (TPSA) is 92.9 Å².